The molecular formula is C15H17F3N2O3. The summed E-state index contributed by atoms with van der Waals surface area (Å²) >= 11 is 0. The van der Waals surface area contributed by atoms with Crippen LogP contribution in [0.1, 0.15) is 31.2 Å². The molecule has 2 atom stereocenters. The molecule has 8 heteroatoms. The van der Waals surface area contributed by atoms with E-state index in [1.165, 1.54) is 6.07 Å². The molecule has 1 aromatic carbocycles. The third-order valence-electron chi connectivity index (χ3n) is 4.33. The minimum atomic E-state index is -4.76. The van der Waals surface area contributed by atoms with Crippen molar-refractivity contribution in [3.05, 3.63) is 33.9 Å². The second-order valence-electron chi connectivity index (χ2n) is 6.10. The molecular weight excluding hydrogens is 313 g/mol. The molecule has 3 rings (SSSR count). The fourth-order valence-corrected chi connectivity index (χ4v) is 3.00. The van der Waals surface area contributed by atoms with Crippen LogP contribution in [0, 0.1) is 16.0 Å². The zero-order valence-electron chi connectivity index (χ0n) is 12.3. The number of nitrogens with zero attached hydrogens (tertiary/aromatic N) is 1. The zero-order valence-corrected chi connectivity index (χ0v) is 12.3. The number of benzene rings is 1. The monoisotopic (exact) mass is 330 g/mol. The largest absolute Gasteiger partial charge is 0.423 e. The first-order valence-corrected chi connectivity index (χ1v) is 7.58. The molecule has 5 nitrogen and oxygen atoms in total. The van der Waals surface area contributed by atoms with Gasteiger partial charge in [0.25, 0.3) is 5.69 Å². The summed E-state index contributed by atoms with van der Waals surface area (Å²) in [4.78, 5) is 9.75. The van der Waals surface area contributed by atoms with Gasteiger partial charge < -0.3 is 10.1 Å². The molecule has 2 unspecified atom stereocenters. The average Bonchev–Trinajstić information content (AvgIpc) is 3.31. The van der Waals surface area contributed by atoms with E-state index in [0.717, 1.165) is 31.4 Å². The number of alkyl halides is 3. The van der Waals surface area contributed by atoms with Crippen LogP contribution in [0.4, 0.5) is 24.5 Å². The van der Waals surface area contributed by atoms with E-state index in [2.05, 4.69) is 5.32 Å². The van der Waals surface area contributed by atoms with Crippen molar-refractivity contribution in [2.24, 2.45) is 5.92 Å². The first-order chi connectivity index (χ1) is 10.8. The number of halogens is 3. The summed E-state index contributed by atoms with van der Waals surface area (Å²) in [6.07, 6.45) is -0.835. The van der Waals surface area contributed by atoms with Crippen molar-refractivity contribution in [3.63, 3.8) is 0 Å². The van der Waals surface area contributed by atoms with Gasteiger partial charge >= 0.3 is 6.18 Å². The standard InChI is InChI=1S/C15H17F3N2O3/c16-15(17,18)12-7-10(3-4-13(12)20(21)22)19-11-5-6-23-14(8-11)9-1-2-9/h3-4,7,9,11,14,19H,1-2,5-6,8H2. The molecule has 2 fully saturated rings. The summed E-state index contributed by atoms with van der Waals surface area (Å²) in [6.45, 7) is 0.581. The summed E-state index contributed by atoms with van der Waals surface area (Å²) in [5, 5.41) is 13.8. The lowest BCUT2D eigenvalue weighted by atomic mass is 9.99. The lowest BCUT2D eigenvalue weighted by Gasteiger charge is -2.31. The smallest absolute Gasteiger partial charge is 0.382 e. The van der Waals surface area contributed by atoms with Gasteiger partial charge in [-0.1, -0.05) is 0 Å². The Kier molecular flexibility index (Phi) is 4.18. The third kappa shape index (κ3) is 3.74. The highest BCUT2D eigenvalue weighted by Crippen LogP contribution is 2.40. The third-order valence-corrected chi connectivity index (χ3v) is 4.33. The Hall–Kier alpha value is -1.83. The molecule has 126 valence electrons. The van der Waals surface area contributed by atoms with Crippen LogP contribution in [0.15, 0.2) is 18.2 Å². The predicted molar refractivity (Wildman–Crippen MR) is 77.2 cm³/mol. The minimum Gasteiger partial charge on any atom is -0.382 e. The highest BCUT2D eigenvalue weighted by Gasteiger charge is 2.39. The highest BCUT2D eigenvalue weighted by molar-refractivity contribution is 5.55. The summed E-state index contributed by atoms with van der Waals surface area (Å²) in [5.41, 5.74) is -1.89. The Morgan fingerprint density at radius 3 is 2.61 bits per heavy atom. The molecule has 1 heterocycles. The highest BCUT2D eigenvalue weighted by atomic mass is 19.4. The van der Waals surface area contributed by atoms with Crippen molar-refractivity contribution in [2.45, 2.75) is 44.0 Å². The molecule has 0 radical (unpaired) electrons. The van der Waals surface area contributed by atoms with E-state index in [-0.39, 0.29) is 17.8 Å². The van der Waals surface area contributed by atoms with Crippen LogP contribution < -0.4 is 5.32 Å². The predicted octanol–water partition coefficient (Wildman–Crippen LogP) is 3.98. The van der Waals surface area contributed by atoms with E-state index in [4.69, 9.17) is 4.74 Å². The van der Waals surface area contributed by atoms with Crippen molar-refractivity contribution in [2.75, 3.05) is 11.9 Å². The Morgan fingerprint density at radius 2 is 2.00 bits per heavy atom. The molecule has 1 aliphatic heterocycles. The SMILES string of the molecule is O=[N+]([O-])c1ccc(NC2CCOC(C3CC3)C2)cc1C(F)(F)F. The Bertz CT molecular complexity index is 602. The maximum atomic E-state index is 13.0. The van der Waals surface area contributed by atoms with Crippen LogP contribution >= 0.6 is 0 Å². The van der Waals surface area contributed by atoms with Gasteiger partial charge in [-0.2, -0.15) is 13.2 Å². The second kappa shape index (κ2) is 5.99. The summed E-state index contributed by atoms with van der Waals surface area (Å²) in [6, 6.07) is 3.08. The van der Waals surface area contributed by atoms with Gasteiger partial charge in [0.15, 0.2) is 0 Å². The van der Waals surface area contributed by atoms with Crippen LogP contribution in [-0.4, -0.2) is 23.7 Å². The fourth-order valence-electron chi connectivity index (χ4n) is 3.00. The number of nitro groups is 1. The maximum Gasteiger partial charge on any atom is 0.423 e. The Morgan fingerprint density at radius 1 is 1.26 bits per heavy atom. The Labute approximate surface area is 131 Å². The summed E-state index contributed by atoms with van der Waals surface area (Å²) in [7, 11) is 0. The first-order valence-electron chi connectivity index (χ1n) is 7.58. The van der Waals surface area contributed by atoms with Gasteiger partial charge in [0, 0.05) is 24.4 Å². The van der Waals surface area contributed by atoms with E-state index in [1.807, 2.05) is 0 Å². The summed E-state index contributed by atoms with van der Waals surface area (Å²) < 4.78 is 44.7. The number of nitro benzene ring substituents is 1. The van der Waals surface area contributed by atoms with Gasteiger partial charge in [-0.15, -0.1) is 0 Å². The van der Waals surface area contributed by atoms with Crippen molar-refractivity contribution >= 4 is 11.4 Å². The number of anilines is 1. The lowest BCUT2D eigenvalue weighted by Crippen LogP contribution is -2.35. The number of rotatable bonds is 4. The molecule has 1 aromatic rings. The van der Waals surface area contributed by atoms with Gasteiger partial charge in [-0.25, -0.2) is 0 Å². The van der Waals surface area contributed by atoms with Crippen molar-refractivity contribution in [1.29, 1.82) is 0 Å². The molecule has 2 aliphatic rings. The van der Waals surface area contributed by atoms with Crippen LogP contribution in [-0.2, 0) is 10.9 Å². The van der Waals surface area contributed by atoms with Crippen LogP contribution in [0.25, 0.3) is 0 Å². The van der Waals surface area contributed by atoms with E-state index in [0.29, 0.717) is 18.9 Å². The lowest BCUT2D eigenvalue weighted by molar-refractivity contribution is -0.388. The van der Waals surface area contributed by atoms with Crippen molar-refractivity contribution < 1.29 is 22.8 Å². The molecule has 1 N–H and O–H groups in total. The Balaban J connectivity index is 1.76. The van der Waals surface area contributed by atoms with Crippen LogP contribution in [0.5, 0.6) is 0 Å². The van der Waals surface area contributed by atoms with Crippen molar-refractivity contribution in [1.82, 2.24) is 0 Å². The van der Waals surface area contributed by atoms with Crippen LogP contribution in [0.2, 0.25) is 0 Å². The fraction of sp³-hybridized carbons (Fsp3) is 0.600. The van der Waals surface area contributed by atoms with E-state index >= 15 is 0 Å². The number of ether oxygens (including phenoxy) is 1. The van der Waals surface area contributed by atoms with E-state index < -0.39 is 22.4 Å². The molecule has 0 aromatic heterocycles. The van der Waals surface area contributed by atoms with Gasteiger partial charge in [0.1, 0.15) is 5.56 Å². The zero-order chi connectivity index (χ0) is 16.6. The second-order valence-corrected chi connectivity index (χ2v) is 6.10. The molecule has 1 aliphatic carbocycles. The number of nitrogens with one attached hydrogen (secondary N) is 1. The molecule has 23 heavy (non-hydrogen) atoms. The quantitative estimate of drug-likeness (QED) is 0.670. The first kappa shape index (κ1) is 16.0. The van der Waals surface area contributed by atoms with E-state index in [1.54, 1.807) is 0 Å². The minimum absolute atomic E-state index is 0.0249. The molecule has 1 saturated heterocycles. The van der Waals surface area contributed by atoms with Gasteiger partial charge in [-0.3, -0.25) is 10.1 Å². The molecule has 0 bridgehead atoms. The molecule has 0 amide bonds. The normalized spacial score (nSPS) is 25.2. The van der Waals surface area contributed by atoms with Gasteiger partial charge in [-0.05, 0) is 43.7 Å². The topological polar surface area (TPSA) is 64.4 Å². The van der Waals surface area contributed by atoms with Gasteiger partial charge in [0.2, 0.25) is 0 Å². The molecule has 0 spiro atoms. The average molecular weight is 330 g/mol. The van der Waals surface area contributed by atoms with Crippen LogP contribution in [0.3, 0.4) is 0 Å². The summed E-state index contributed by atoms with van der Waals surface area (Å²) in [5.74, 6) is 0.571. The number of hydrogen-bond donors (Lipinski definition) is 1. The van der Waals surface area contributed by atoms with Crippen molar-refractivity contribution in [3.8, 4) is 0 Å². The molecule has 1 saturated carbocycles. The number of hydrogen-bond acceptors (Lipinski definition) is 4. The van der Waals surface area contributed by atoms with E-state index in [9.17, 15) is 23.3 Å². The van der Waals surface area contributed by atoms with Gasteiger partial charge in [0.05, 0.1) is 11.0 Å². The maximum absolute atomic E-state index is 13.0.